The van der Waals surface area contributed by atoms with Gasteiger partial charge in [-0.1, -0.05) is 19.8 Å². The number of hydrogen-bond donors (Lipinski definition) is 1. The van der Waals surface area contributed by atoms with Gasteiger partial charge in [0.1, 0.15) is 0 Å². The predicted molar refractivity (Wildman–Crippen MR) is 67.1 cm³/mol. The van der Waals surface area contributed by atoms with Gasteiger partial charge < -0.3 is 10.6 Å². The average molecular weight is 226 g/mol. The van der Waals surface area contributed by atoms with Crippen LogP contribution in [-0.2, 0) is 4.79 Å². The molecule has 94 valence electrons. The molecule has 0 spiro atoms. The Morgan fingerprint density at radius 2 is 2.06 bits per heavy atom. The Labute approximate surface area is 99.4 Å². The Balaban J connectivity index is 2.42. The van der Waals surface area contributed by atoms with Crippen molar-refractivity contribution in [3.63, 3.8) is 0 Å². The van der Waals surface area contributed by atoms with Crippen molar-refractivity contribution in [1.82, 2.24) is 4.90 Å². The van der Waals surface area contributed by atoms with Crippen LogP contribution in [0.3, 0.4) is 0 Å². The molecule has 1 rings (SSSR count). The third-order valence-corrected chi connectivity index (χ3v) is 3.89. The highest BCUT2D eigenvalue weighted by molar-refractivity contribution is 5.77. The third-order valence-electron chi connectivity index (χ3n) is 3.89. The molecule has 0 aromatic carbocycles. The summed E-state index contributed by atoms with van der Waals surface area (Å²) in [5, 5.41) is 0. The van der Waals surface area contributed by atoms with Crippen molar-refractivity contribution in [3.05, 3.63) is 0 Å². The fourth-order valence-electron chi connectivity index (χ4n) is 2.37. The number of carbonyl (C=O) groups is 1. The molecule has 3 heteroatoms. The van der Waals surface area contributed by atoms with E-state index in [1.807, 2.05) is 4.90 Å². The highest BCUT2D eigenvalue weighted by Gasteiger charge is 2.38. The summed E-state index contributed by atoms with van der Waals surface area (Å²) < 4.78 is 0. The van der Waals surface area contributed by atoms with Crippen LogP contribution in [0.25, 0.3) is 0 Å². The van der Waals surface area contributed by atoms with Crippen LogP contribution in [0.2, 0.25) is 0 Å². The SMILES string of the molecule is CCCCN(CC)C(=O)CC1(CN)CCC1. The summed E-state index contributed by atoms with van der Waals surface area (Å²) in [4.78, 5) is 14.1. The van der Waals surface area contributed by atoms with Gasteiger partial charge in [-0.2, -0.15) is 0 Å². The number of unbranched alkanes of at least 4 members (excludes halogenated alkanes) is 1. The minimum Gasteiger partial charge on any atom is -0.343 e. The van der Waals surface area contributed by atoms with Gasteiger partial charge in [0.25, 0.3) is 0 Å². The molecule has 0 unspecified atom stereocenters. The monoisotopic (exact) mass is 226 g/mol. The van der Waals surface area contributed by atoms with Crippen molar-refractivity contribution in [2.75, 3.05) is 19.6 Å². The number of hydrogen-bond acceptors (Lipinski definition) is 2. The van der Waals surface area contributed by atoms with Crippen LogP contribution in [0, 0.1) is 5.41 Å². The first-order chi connectivity index (χ1) is 7.67. The van der Waals surface area contributed by atoms with E-state index in [4.69, 9.17) is 5.73 Å². The van der Waals surface area contributed by atoms with Crippen LogP contribution in [-0.4, -0.2) is 30.4 Å². The summed E-state index contributed by atoms with van der Waals surface area (Å²) in [7, 11) is 0. The van der Waals surface area contributed by atoms with Crippen molar-refractivity contribution in [2.24, 2.45) is 11.1 Å². The number of rotatable bonds is 7. The second-order valence-electron chi connectivity index (χ2n) is 5.06. The molecular weight excluding hydrogens is 200 g/mol. The Kier molecular flexibility index (Phi) is 5.26. The van der Waals surface area contributed by atoms with Crippen LogP contribution < -0.4 is 5.73 Å². The highest BCUT2D eigenvalue weighted by atomic mass is 16.2. The smallest absolute Gasteiger partial charge is 0.223 e. The summed E-state index contributed by atoms with van der Waals surface area (Å²) in [6.45, 7) is 6.63. The van der Waals surface area contributed by atoms with Gasteiger partial charge in [0.05, 0.1) is 0 Å². The van der Waals surface area contributed by atoms with Crippen molar-refractivity contribution < 1.29 is 4.79 Å². The van der Waals surface area contributed by atoms with Crippen LogP contribution in [0.1, 0.15) is 52.4 Å². The first-order valence-corrected chi connectivity index (χ1v) is 6.65. The molecule has 0 aromatic heterocycles. The lowest BCUT2D eigenvalue weighted by atomic mass is 9.66. The van der Waals surface area contributed by atoms with Gasteiger partial charge in [-0.05, 0) is 38.1 Å². The predicted octanol–water partition coefficient (Wildman–Crippen LogP) is 2.15. The van der Waals surface area contributed by atoms with Crippen molar-refractivity contribution in [1.29, 1.82) is 0 Å². The van der Waals surface area contributed by atoms with Crippen LogP contribution in [0.15, 0.2) is 0 Å². The molecule has 1 amide bonds. The molecule has 0 aromatic rings. The lowest BCUT2D eigenvalue weighted by Crippen LogP contribution is -2.43. The van der Waals surface area contributed by atoms with E-state index in [0.717, 1.165) is 38.8 Å². The molecule has 0 bridgehead atoms. The molecule has 1 fully saturated rings. The minimum atomic E-state index is 0.150. The van der Waals surface area contributed by atoms with Gasteiger partial charge in [-0.25, -0.2) is 0 Å². The fourth-order valence-corrected chi connectivity index (χ4v) is 2.37. The van der Waals surface area contributed by atoms with Gasteiger partial charge in [-0.3, -0.25) is 4.79 Å². The number of amides is 1. The molecule has 1 aliphatic carbocycles. The standard InChI is InChI=1S/C13H26N2O/c1-3-5-9-15(4-2)12(16)10-13(11-14)7-6-8-13/h3-11,14H2,1-2H3. The number of carbonyl (C=O) groups excluding carboxylic acids is 1. The number of nitrogens with zero attached hydrogens (tertiary/aromatic N) is 1. The second kappa shape index (κ2) is 6.24. The highest BCUT2D eigenvalue weighted by Crippen LogP contribution is 2.43. The zero-order valence-corrected chi connectivity index (χ0v) is 10.8. The molecule has 0 saturated heterocycles. The third kappa shape index (κ3) is 3.21. The summed E-state index contributed by atoms with van der Waals surface area (Å²) in [5.41, 5.74) is 5.94. The quantitative estimate of drug-likeness (QED) is 0.723. The molecule has 1 saturated carbocycles. The van der Waals surface area contributed by atoms with Crippen molar-refractivity contribution >= 4 is 5.91 Å². The van der Waals surface area contributed by atoms with E-state index in [1.54, 1.807) is 0 Å². The van der Waals surface area contributed by atoms with E-state index < -0.39 is 0 Å². The van der Waals surface area contributed by atoms with E-state index in [1.165, 1.54) is 6.42 Å². The van der Waals surface area contributed by atoms with E-state index in [9.17, 15) is 4.79 Å². The van der Waals surface area contributed by atoms with E-state index in [2.05, 4.69) is 13.8 Å². The molecule has 2 N–H and O–H groups in total. The van der Waals surface area contributed by atoms with Crippen molar-refractivity contribution in [3.8, 4) is 0 Å². The largest absolute Gasteiger partial charge is 0.343 e. The summed E-state index contributed by atoms with van der Waals surface area (Å²) in [6, 6.07) is 0. The topological polar surface area (TPSA) is 46.3 Å². The van der Waals surface area contributed by atoms with Gasteiger partial charge >= 0.3 is 0 Å². The Morgan fingerprint density at radius 3 is 2.44 bits per heavy atom. The molecule has 16 heavy (non-hydrogen) atoms. The molecular formula is C13H26N2O. The van der Waals surface area contributed by atoms with Crippen LogP contribution >= 0.6 is 0 Å². The molecule has 0 aliphatic heterocycles. The Hall–Kier alpha value is -0.570. The normalized spacial score (nSPS) is 17.9. The van der Waals surface area contributed by atoms with Gasteiger partial charge in [-0.15, -0.1) is 0 Å². The Morgan fingerprint density at radius 1 is 1.38 bits per heavy atom. The first-order valence-electron chi connectivity index (χ1n) is 6.65. The summed E-state index contributed by atoms with van der Waals surface area (Å²) in [6.07, 6.45) is 6.44. The molecule has 0 heterocycles. The molecule has 0 radical (unpaired) electrons. The molecule has 0 atom stereocenters. The van der Waals surface area contributed by atoms with Crippen LogP contribution in [0.5, 0.6) is 0 Å². The summed E-state index contributed by atoms with van der Waals surface area (Å²) >= 11 is 0. The fraction of sp³-hybridized carbons (Fsp3) is 0.923. The lowest BCUT2D eigenvalue weighted by molar-refractivity contribution is -0.135. The van der Waals surface area contributed by atoms with Crippen molar-refractivity contribution in [2.45, 2.75) is 52.4 Å². The first kappa shape index (κ1) is 13.5. The zero-order chi connectivity index (χ0) is 12.0. The van der Waals surface area contributed by atoms with E-state index >= 15 is 0 Å². The van der Waals surface area contributed by atoms with Gasteiger partial charge in [0.15, 0.2) is 0 Å². The maximum atomic E-state index is 12.1. The lowest BCUT2D eigenvalue weighted by Gasteiger charge is -2.41. The van der Waals surface area contributed by atoms with E-state index in [0.29, 0.717) is 18.9 Å². The zero-order valence-electron chi connectivity index (χ0n) is 10.8. The van der Waals surface area contributed by atoms with Gasteiger partial charge in [0, 0.05) is 19.5 Å². The van der Waals surface area contributed by atoms with E-state index in [-0.39, 0.29) is 5.41 Å². The van der Waals surface area contributed by atoms with Gasteiger partial charge in [0.2, 0.25) is 5.91 Å². The maximum absolute atomic E-state index is 12.1. The maximum Gasteiger partial charge on any atom is 0.223 e. The Bertz CT molecular complexity index is 218. The average Bonchev–Trinajstić information content (AvgIpc) is 2.24. The number of nitrogens with two attached hydrogens (primary N) is 1. The molecule has 1 aliphatic rings. The minimum absolute atomic E-state index is 0.150. The molecule has 3 nitrogen and oxygen atoms in total. The summed E-state index contributed by atoms with van der Waals surface area (Å²) in [5.74, 6) is 0.307. The van der Waals surface area contributed by atoms with Crippen LogP contribution in [0.4, 0.5) is 0 Å². The second-order valence-corrected chi connectivity index (χ2v) is 5.06.